The monoisotopic (exact) mass is 338 g/mol. The van der Waals surface area contributed by atoms with Crippen molar-refractivity contribution in [2.75, 3.05) is 11.5 Å². The summed E-state index contributed by atoms with van der Waals surface area (Å²) >= 11 is 0. The summed E-state index contributed by atoms with van der Waals surface area (Å²) < 4.78 is 5.14. The van der Waals surface area contributed by atoms with Crippen LogP contribution in [-0.2, 0) is 19.1 Å². The van der Waals surface area contributed by atoms with Crippen LogP contribution in [0, 0.1) is 5.41 Å². The van der Waals surface area contributed by atoms with Crippen molar-refractivity contribution in [2.24, 2.45) is 5.41 Å². The van der Waals surface area contributed by atoms with Crippen molar-refractivity contribution in [3.63, 3.8) is 0 Å². The smallest absolute Gasteiger partial charge is 0.322 e. The summed E-state index contributed by atoms with van der Waals surface area (Å²) in [7, 11) is 0. The van der Waals surface area contributed by atoms with Crippen molar-refractivity contribution in [2.45, 2.75) is 19.9 Å². The second kappa shape index (κ2) is 6.51. The first-order chi connectivity index (χ1) is 12.0. The molecule has 0 saturated carbocycles. The number of anilines is 1. The van der Waals surface area contributed by atoms with Gasteiger partial charge in [-0.15, -0.1) is 0 Å². The van der Waals surface area contributed by atoms with Crippen LogP contribution in [0.2, 0.25) is 0 Å². The van der Waals surface area contributed by atoms with Gasteiger partial charge in [-0.25, -0.2) is 0 Å². The number of ether oxygens (including phenoxy) is 1. The summed E-state index contributed by atoms with van der Waals surface area (Å²) in [6.07, 6.45) is 0. The predicted molar refractivity (Wildman–Crippen MR) is 92.9 cm³/mol. The number of carbonyl (C=O) groups excluding carboxylic acids is 3. The second-order valence-corrected chi connectivity index (χ2v) is 6.08. The third-order valence-electron chi connectivity index (χ3n) is 4.54. The van der Waals surface area contributed by atoms with Gasteiger partial charge in [-0.05, 0) is 31.5 Å². The molecule has 128 valence electrons. The van der Waals surface area contributed by atoms with Crippen LogP contribution >= 0.6 is 0 Å². The molecule has 2 atom stereocenters. The molecule has 1 aliphatic heterocycles. The first-order valence-electron chi connectivity index (χ1n) is 8.17. The summed E-state index contributed by atoms with van der Waals surface area (Å²) in [4.78, 5) is 39.7. The van der Waals surface area contributed by atoms with E-state index in [1.807, 2.05) is 36.4 Å². The summed E-state index contributed by atoms with van der Waals surface area (Å²) in [6.45, 7) is 3.31. The molecule has 5 nitrogen and oxygen atoms in total. The molecular formula is C20H19NO4. The van der Waals surface area contributed by atoms with Crippen molar-refractivity contribution >= 4 is 23.3 Å². The Morgan fingerprint density at radius 3 is 2.16 bits per heavy atom. The lowest BCUT2D eigenvalue weighted by atomic mass is 9.84. The van der Waals surface area contributed by atoms with Gasteiger partial charge in [-0.1, -0.05) is 48.5 Å². The van der Waals surface area contributed by atoms with Gasteiger partial charge in [0.25, 0.3) is 5.91 Å². The van der Waals surface area contributed by atoms with Crippen molar-refractivity contribution in [1.29, 1.82) is 0 Å². The first kappa shape index (κ1) is 16.9. The number of hydrogen-bond donors (Lipinski definition) is 0. The van der Waals surface area contributed by atoms with E-state index in [-0.39, 0.29) is 6.61 Å². The summed E-state index contributed by atoms with van der Waals surface area (Å²) in [6, 6.07) is 17.2. The largest absolute Gasteiger partial charge is 0.465 e. The molecule has 1 saturated heterocycles. The third-order valence-corrected chi connectivity index (χ3v) is 4.54. The number of esters is 1. The highest BCUT2D eigenvalue weighted by atomic mass is 16.6. The Morgan fingerprint density at radius 2 is 1.60 bits per heavy atom. The number of para-hydroxylation sites is 1. The van der Waals surface area contributed by atoms with E-state index in [9.17, 15) is 14.4 Å². The number of amides is 1. The molecule has 1 amide bonds. The van der Waals surface area contributed by atoms with E-state index in [1.54, 1.807) is 31.2 Å². The molecule has 0 aliphatic carbocycles. The lowest BCUT2D eigenvalue weighted by molar-refractivity contribution is -0.159. The average Bonchev–Trinajstić information content (AvgIpc) is 2.85. The maximum atomic E-state index is 12.8. The minimum absolute atomic E-state index is 0.142. The fourth-order valence-electron chi connectivity index (χ4n) is 3.29. The molecule has 0 N–H and O–H groups in total. The van der Waals surface area contributed by atoms with Crippen LogP contribution < -0.4 is 4.90 Å². The maximum Gasteiger partial charge on any atom is 0.322 e. The summed E-state index contributed by atoms with van der Waals surface area (Å²) in [5.41, 5.74) is -0.312. The lowest BCUT2D eigenvalue weighted by Crippen LogP contribution is -2.40. The van der Waals surface area contributed by atoms with Gasteiger partial charge in [0.1, 0.15) is 0 Å². The molecule has 5 heteroatoms. The van der Waals surface area contributed by atoms with Crippen LogP contribution in [0.4, 0.5) is 5.69 Å². The van der Waals surface area contributed by atoms with E-state index in [1.165, 1.54) is 11.8 Å². The van der Waals surface area contributed by atoms with Crippen LogP contribution in [-0.4, -0.2) is 24.3 Å². The number of nitrogens with zero attached hydrogens (tertiary/aromatic N) is 1. The fraction of sp³-hybridized carbons (Fsp3) is 0.250. The molecule has 1 aliphatic rings. The SMILES string of the molecule is CCO[13C](=O)[C@@]1(C)C(=O)C(=O)N(c2ccccc2)[C@H]1c1ccccc1. The van der Waals surface area contributed by atoms with E-state index in [2.05, 4.69) is 0 Å². The fourth-order valence-corrected chi connectivity index (χ4v) is 3.29. The number of ketones is 1. The van der Waals surface area contributed by atoms with E-state index in [0.717, 1.165) is 0 Å². The van der Waals surface area contributed by atoms with Crippen LogP contribution in [0.15, 0.2) is 60.7 Å². The standard InChI is InChI=1S/C20H19NO4/c1-3-25-19(24)20(2)16(14-10-6-4-7-11-14)21(18(23)17(20)22)15-12-8-5-9-13-15/h4-13,16H,3H2,1-2H3/t16-,20+/m0/s1/i19+1. The molecule has 2 aromatic carbocycles. The van der Waals surface area contributed by atoms with E-state index in [4.69, 9.17) is 4.74 Å². The van der Waals surface area contributed by atoms with Crippen LogP contribution in [0.25, 0.3) is 0 Å². The Bertz CT molecular complexity index is 803. The zero-order valence-electron chi connectivity index (χ0n) is 14.1. The van der Waals surface area contributed by atoms with Crippen LogP contribution in [0.3, 0.4) is 0 Å². The van der Waals surface area contributed by atoms with Gasteiger partial charge >= 0.3 is 5.97 Å². The van der Waals surface area contributed by atoms with Gasteiger partial charge in [0.05, 0.1) is 12.6 Å². The maximum absolute atomic E-state index is 12.8. The topological polar surface area (TPSA) is 63.7 Å². The van der Waals surface area contributed by atoms with Crippen molar-refractivity contribution in [1.82, 2.24) is 0 Å². The highest BCUT2D eigenvalue weighted by Crippen LogP contribution is 2.48. The van der Waals surface area contributed by atoms with E-state index in [0.29, 0.717) is 11.3 Å². The minimum Gasteiger partial charge on any atom is -0.465 e. The lowest BCUT2D eigenvalue weighted by Gasteiger charge is -2.32. The normalized spacial score (nSPS) is 23.0. The third kappa shape index (κ3) is 2.61. The molecule has 2 aromatic rings. The first-order valence-corrected chi connectivity index (χ1v) is 8.17. The number of rotatable bonds is 4. The van der Waals surface area contributed by atoms with Crippen LogP contribution in [0.1, 0.15) is 25.5 Å². The second-order valence-electron chi connectivity index (χ2n) is 6.08. The minimum atomic E-state index is -1.59. The van der Waals surface area contributed by atoms with Crippen molar-refractivity contribution in [3.05, 3.63) is 66.2 Å². The Hall–Kier alpha value is -2.95. The van der Waals surface area contributed by atoms with E-state index >= 15 is 0 Å². The summed E-state index contributed by atoms with van der Waals surface area (Å²) in [5, 5.41) is 0. The number of carbonyl (C=O) groups is 3. The Balaban J connectivity index is 2.20. The summed E-state index contributed by atoms with van der Waals surface area (Å²) in [5.74, 6) is -2.13. The number of Topliss-reactive ketones (excluding diaryl/α,β-unsaturated/α-hetero) is 1. The molecule has 0 bridgehead atoms. The zero-order valence-corrected chi connectivity index (χ0v) is 14.1. The molecule has 0 spiro atoms. The van der Waals surface area contributed by atoms with Gasteiger partial charge in [-0.2, -0.15) is 0 Å². The Labute approximate surface area is 146 Å². The molecular weight excluding hydrogens is 319 g/mol. The quantitative estimate of drug-likeness (QED) is 0.372. The predicted octanol–water partition coefficient (Wildman–Crippen LogP) is 2.91. The number of hydrogen-bond acceptors (Lipinski definition) is 4. The molecule has 25 heavy (non-hydrogen) atoms. The molecule has 0 radical (unpaired) electrons. The van der Waals surface area contributed by atoms with Gasteiger partial charge in [-0.3, -0.25) is 19.3 Å². The van der Waals surface area contributed by atoms with Gasteiger partial charge in [0, 0.05) is 5.69 Å². The Morgan fingerprint density at radius 1 is 1.04 bits per heavy atom. The average molecular weight is 338 g/mol. The van der Waals surface area contributed by atoms with Gasteiger partial charge < -0.3 is 4.74 Å². The highest BCUT2D eigenvalue weighted by Gasteiger charge is 2.62. The number of benzene rings is 2. The van der Waals surface area contributed by atoms with E-state index < -0.39 is 29.1 Å². The molecule has 1 heterocycles. The van der Waals surface area contributed by atoms with Crippen molar-refractivity contribution in [3.8, 4) is 0 Å². The molecule has 3 rings (SSSR count). The Kier molecular flexibility index (Phi) is 4.40. The van der Waals surface area contributed by atoms with Gasteiger partial charge in [0.15, 0.2) is 5.41 Å². The molecule has 0 unspecified atom stereocenters. The zero-order chi connectivity index (χ0) is 18.0. The van der Waals surface area contributed by atoms with Gasteiger partial charge in [0.2, 0.25) is 5.78 Å². The molecule has 1 fully saturated rings. The van der Waals surface area contributed by atoms with Crippen LogP contribution in [0.5, 0.6) is 0 Å². The molecule has 0 aromatic heterocycles. The highest BCUT2D eigenvalue weighted by molar-refractivity contribution is 6.49. The van der Waals surface area contributed by atoms with Crippen molar-refractivity contribution < 1.29 is 19.1 Å².